The third-order valence-corrected chi connectivity index (χ3v) is 8.87. The maximum atomic E-state index is 13.5. The predicted octanol–water partition coefficient (Wildman–Crippen LogP) is 5.59. The normalized spacial score (nSPS) is 18.5. The summed E-state index contributed by atoms with van der Waals surface area (Å²) in [5.41, 5.74) is 6.12. The SMILES string of the molecule is O=C(O)N[C@@H](C(=O)N1CCC[C@H]1C(=O)Nc1ccc2[nH]c(-c3ccc(-c4cnc([C@@H]5CCCN5)[nH]4)cc3)cc2c1)c1ccccc1. The molecule has 3 aromatic carbocycles. The molecule has 2 aromatic heterocycles. The van der Waals surface area contributed by atoms with E-state index in [1.807, 2.05) is 30.5 Å². The van der Waals surface area contributed by atoms with Crippen molar-refractivity contribution in [3.8, 4) is 22.5 Å². The molecule has 0 bridgehead atoms. The third kappa shape index (κ3) is 5.96. The number of aromatic amines is 2. The van der Waals surface area contributed by atoms with Gasteiger partial charge in [0.25, 0.3) is 5.91 Å². The lowest BCUT2D eigenvalue weighted by Crippen LogP contribution is -2.48. The molecule has 11 heteroatoms. The van der Waals surface area contributed by atoms with Gasteiger partial charge in [-0.15, -0.1) is 0 Å². The predicted molar refractivity (Wildman–Crippen MR) is 175 cm³/mol. The fourth-order valence-corrected chi connectivity index (χ4v) is 6.52. The number of nitrogens with zero attached hydrogens (tertiary/aromatic N) is 2. The summed E-state index contributed by atoms with van der Waals surface area (Å²) in [5, 5.41) is 19.1. The van der Waals surface area contributed by atoms with Crippen molar-refractivity contribution in [2.45, 2.75) is 43.8 Å². The van der Waals surface area contributed by atoms with Crippen molar-refractivity contribution in [1.29, 1.82) is 0 Å². The van der Waals surface area contributed by atoms with Crippen LogP contribution in [0.25, 0.3) is 33.4 Å². The van der Waals surface area contributed by atoms with Crippen LogP contribution in [0.2, 0.25) is 0 Å². The molecule has 0 radical (unpaired) electrons. The van der Waals surface area contributed by atoms with Gasteiger partial charge in [-0.1, -0.05) is 54.6 Å². The summed E-state index contributed by atoms with van der Waals surface area (Å²) in [7, 11) is 0. The summed E-state index contributed by atoms with van der Waals surface area (Å²) < 4.78 is 0. The summed E-state index contributed by atoms with van der Waals surface area (Å²) in [6.07, 6.45) is 3.99. The quantitative estimate of drug-likeness (QED) is 0.133. The van der Waals surface area contributed by atoms with E-state index in [1.165, 1.54) is 4.90 Å². The summed E-state index contributed by atoms with van der Waals surface area (Å²) in [6, 6.07) is 23.2. The molecule has 0 aliphatic carbocycles. The number of carbonyl (C=O) groups excluding carboxylic acids is 2. The molecule has 2 aliphatic heterocycles. The van der Waals surface area contributed by atoms with Crippen LogP contribution in [0.5, 0.6) is 0 Å². The van der Waals surface area contributed by atoms with E-state index >= 15 is 0 Å². The first-order valence-electron chi connectivity index (χ1n) is 15.6. The molecule has 2 fully saturated rings. The fourth-order valence-electron chi connectivity index (χ4n) is 6.52. The number of fused-ring (bicyclic) bond motifs is 1. The summed E-state index contributed by atoms with van der Waals surface area (Å²) in [5.74, 6) is 0.236. The molecule has 0 saturated carbocycles. The molecule has 6 N–H and O–H groups in total. The number of aromatic nitrogens is 3. The number of benzene rings is 3. The molecule has 2 aliphatic rings. The van der Waals surface area contributed by atoms with Crippen molar-refractivity contribution in [3.05, 3.63) is 96.4 Å². The number of amides is 3. The molecule has 7 rings (SSSR count). The first kappa shape index (κ1) is 29.3. The number of nitrogens with one attached hydrogen (secondary N) is 5. The van der Waals surface area contributed by atoms with E-state index in [-0.39, 0.29) is 5.91 Å². The highest BCUT2D eigenvalue weighted by molar-refractivity contribution is 6.00. The lowest BCUT2D eigenvalue weighted by molar-refractivity contribution is -0.138. The molecule has 46 heavy (non-hydrogen) atoms. The number of anilines is 1. The van der Waals surface area contributed by atoms with Gasteiger partial charge in [-0.3, -0.25) is 9.59 Å². The number of likely N-dealkylation sites (tertiary alicyclic amines) is 1. The molecule has 4 heterocycles. The Morgan fingerprint density at radius 3 is 2.41 bits per heavy atom. The fraction of sp³-hybridized carbons (Fsp3) is 0.257. The van der Waals surface area contributed by atoms with Crippen LogP contribution in [0.1, 0.15) is 49.2 Å². The second-order valence-corrected chi connectivity index (χ2v) is 11.9. The van der Waals surface area contributed by atoms with Crippen molar-refractivity contribution >= 4 is 34.5 Å². The second kappa shape index (κ2) is 12.5. The maximum absolute atomic E-state index is 13.5. The van der Waals surface area contributed by atoms with Gasteiger partial charge in [0.05, 0.1) is 17.9 Å². The average molecular weight is 618 g/mol. The number of carbonyl (C=O) groups is 3. The van der Waals surface area contributed by atoms with Gasteiger partial charge in [-0.05, 0) is 73.2 Å². The van der Waals surface area contributed by atoms with Crippen LogP contribution in [-0.4, -0.2) is 62.0 Å². The van der Waals surface area contributed by atoms with Crippen LogP contribution >= 0.6 is 0 Å². The standard InChI is InChI=1S/C35H35N7O4/c43-33(30-9-5-17-42(30)34(44)31(41-35(45)46)23-6-2-1-3-7-23)38-25-14-15-26-24(18-25)19-28(39-26)21-10-12-22(13-11-21)29-20-37-32(40-29)27-8-4-16-36-27/h1-3,6-7,10-15,18-20,27,30-31,36,39,41H,4-5,8-9,16-17H2,(H,37,40)(H,38,43)(H,45,46)/t27-,30-,31+/m0/s1. The van der Waals surface area contributed by atoms with Crippen LogP contribution < -0.4 is 16.0 Å². The molecule has 11 nitrogen and oxygen atoms in total. The largest absolute Gasteiger partial charge is 0.465 e. The van der Waals surface area contributed by atoms with Gasteiger partial charge in [0.15, 0.2) is 0 Å². The van der Waals surface area contributed by atoms with Crippen LogP contribution in [-0.2, 0) is 9.59 Å². The Balaban J connectivity index is 1.04. The minimum Gasteiger partial charge on any atom is -0.465 e. The smallest absolute Gasteiger partial charge is 0.405 e. The second-order valence-electron chi connectivity index (χ2n) is 11.9. The summed E-state index contributed by atoms with van der Waals surface area (Å²) in [4.78, 5) is 51.5. The number of rotatable bonds is 8. The summed E-state index contributed by atoms with van der Waals surface area (Å²) >= 11 is 0. The Morgan fingerprint density at radius 2 is 1.67 bits per heavy atom. The van der Waals surface area contributed by atoms with Crippen molar-refractivity contribution < 1.29 is 19.5 Å². The van der Waals surface area contributed by atoms with Crippen molar-refractivity contribution in [2.24, 2.45) is 0 Å². The summed E-state index contributed by atoms with van der Waals surface area (Å²) in [6.45, 7) is 1.40. The van der Waals surface area contributed by atoms with Crippen molar-refractivity contribution in [3.63, 3.8) is 0 Å². The zero-order chi connectivity index (χ0) is 31.6. The van der Waals surface area contributed by atoms with Gasteiger partial charge in [0, 0.05) is 28.8 Å². The zero-order valence-electron chi connectivity index (χ0n) is 25.1. The molecular weight excluding hydrogens is 582 g/mol. The van der Waals surface area contributed by atoms with E-state index in [0.717, 1.165) is 58.6 Å². The van der Waals surface area contributed by atoms with Crippen LogP contribution in [0.15, 0.2) is 85.1 Å². The van der Waals surface area contributed by atoms with E-state index in [1.54, 1.807) is 30.3 Å². The van der Waals surface area contributed by atoms with E-state index in [2.05, 4.69) is 55.2 Å². The van der Waals surface area contributed by atoms with E-state index in [0.29, 0.717) is 36.7 Å². The molecular formula is C35H35N7O4. The van der Waals surface area contributed by atoms with E-state index in [4.69, 9.17) is 0 Å². The minimum atomic E-state index is -1.30. The topological polar surface area (TPSA) is 155 Å². The first-order chi connectivity index (χ1) is 22.4. The number of hydrogen-bond acceptors (Lipinski definition) is 5. The number of hydrogen-bond donors (Lipinski definition) is 6. The average Bonchev–Trinajstić information content (AvgIpc) is 3.90. The van der Waals surface area contributed by atoms with Gasteiger partial charge in [-0.25, -0.2) is 9.78 Å². The van der Waals surface area contributed by atoms with Gasteiger partial charge < -0.3 is 35.9 Å². The lowest BCUT2D eigenvalue weighted by Gasteiger charge is -2.28. The minimum absolute atomic E-state index is 0.293. The molecule has 234 valence electrons. The molecule has 3 amide bonds. The highest BCUT2D eigenvalue weighted by Crippen LogP contribution is 2.30. The number of H-pyrrole nitrogens is 2. The Hall–Kier alpha value is -5.42. The Labute approximate surface area is 265 Å². The van der Waals surface area contributed by atoms with E-state index in [9.17, 15) is 19.5 Å². The Bertz CT molecular complexity index is 1880. The van der Waals surface area contributed by atoms with E-state index < -0.39 is 24.1 Å². The highest BCUT2D eigenvalue weighted by Gasteiger charge is 2.38. The van der Waals surface area contributed by atoms with Crippen molar-refractivity contribution in [2.75, 3.05) is 18.4 Å². The highest BCUT2D eigenvalue weighted by atomic mass is 16.4. The van der Waals surface area contributed by atoms with Crippen LogP contribution in [0.3, 0.4) is 0 Å². The Morgan fingerprint density at radius 1 is 0.891 bits per heavy atom. The zero-order valence-corrected chi connectivity index (χ0v) is 25.1. The first-order valence-corrected chi connectivity index (χ1v) is 15.6. The van der Waals surface area contributed by atoms with Crippen molar-refractivity contribution in [1.82, 2.24) is 30.5 Å². The van der Waals surface area contributed by atoms with Gasteiger partial charge >= 0.3 is 6.09 Å². The third-order valence-electron chi connectivity index (χ3n) is 8.87. The molecule has 5 aromatic rings. The maximum Gasteiger partial charge on any atom is 0.405 e. The molecule has 0 spiro atoms. The van der Waals surface area contributed by atoms with Gasteiger partial charge in [0.2, 0.25) is 5.91 Å². The molecule has 2 saturated heterocycles. The van der Waals surface area contributed by atoms with Gasteiger partial charge in [-0.2, -0.15) is 0 Å². The Kier molecular flexibility index (Phi) is 7.98. The lowest BCUT2D eigenvalue weighted by atomic mass is 10.0. The van der Waals surface area contributed by atoms with Crippen LogP contribution in [0.4, 0.5) is 10.5 Å². The van der Waals surface area contributed by atoms with Crippen LogP contribution in [0, 0.1) is 0 Å². The number of carboxylic acid groups (broad SMARTS) is 1. The molecule has 3 atom stereocenters. The molecule has 0 unspecified atom stereocenters. The van der Waals surface area contributed by atoms with Gasteiger partial charge in [0.1, 0.15) is 17.9 Å². The number of imidazole rings is 1. The monoisotopic (exact) mass is 617 g/mol.